The average Bonchev–Trinajstić information content (AvgIpc) is 2.94. The standard InChI is InChI=1S/C21H23N3O3.CH5N/c1-5-14(7-6-13(2)3)15-8-9-16-18(12-15)23(4)21(27)24(16)17-10-11-19(25)22-20(17)26;1-2/h5-9,12,17H,2,10-11H2,1,3-4H3,(H,22,25,26);2H2,1H3/b7-6-,14-5+;. The summed E-state index contributed by atoms with van der Waals surface area (Å²) < 4.78 is 3.03. The van der Waals surface area contributed by atoms with Gasteiger partial charge in [0.05, 0.1) is 11.0 Å². The summed E-state index contributed by atoms with van der Waals surface area (Å²) in [6, 6.07) is 5.06. The van der Waals surface area contributed by atoms with E-state index in [1.165, 1.54) is 16.2 Å². The Morgan fingerprint density at radius 1 is 1.21 bits per heavy atom. The molecule has 1 aromatic heterocycles. The minimum Gasteiger partial charge on any atom is -0.333 e. The zero-order valence-electron chi connectivity index (χ0n) is 17.4. The number of nitrogens with zero attached hydrogens (tertiary/aromatic N) is 2. The first-order chi connectivity index (χ1) is 13.8. The SMILES string of the molecule is C=C(C)/C=C\C(=C/C)c1ccc2c(c1)n(C)c(=O)n2C1CCC(=O)NC1=O.CN. The first-order valence-corrected chi connectivity index (χ1v) is 9.46. The Morgan fingerprint density at radius 3 is 2.48 bits per heavy atom. The number of benzene rings is 1. The fourth-order valence-electron chi connectivity index (χ4n) is 3.36. The molecule has 2 aromatic rings. The van der Waals surface area contributed by atoms with Gasteiger partial charge in [-0.3, -0.25) is 24.0 Å². The van der Waals surface area contributed by atoms with Crippen LogP contribution >= 0.6 is 0 Å². The summed E-state index contributed by atoms with van der Waals surface area (Å²) in [5, 5.41) is 2.32. The average molecular weight is 396 g/mol. The first kappa shape index (κ1) is 22.1. The Morgan fingerprint density at radius 2 is 1.90 bits per heavy atom. The largest absolute Gasteiger partial charge is 0.333 e. The van der Waals surface area contributed by atoms with Gasteiger partial charge in [0, 0.05) is 13.5 Å². The number of imidazole rings is 1. The lowest BCUT2D eigenvalue weighted by Gasteiger charge is -2.21. The van der Waals surface area contributed by atoms with Crippen molar-refractivity contribution in [1.29, 1.82) is 0 Å². The second kappa shape index (κ2) is 9.34. The lowest BCUT2D eigenvalue weighted by molar-refractivity contribution is -0.135. The van der Waals surface area contributed by atoms with Gasteiger partial charge in [0.25, 0.3) is 0 Å². The van der Waals surface area contributed by atoms with Crippen LogP contribution in [-0.2, 0) is 16.6 Å². The van der Waals surface area contributed by atoms with Crippen LogP contribution in [-0.4, -0.2) is 28.0 Å². The summed E-state index contributed by atoms with van der Waals surface area (Å²) >= 11 is 0. The van der Waals surface area contributed by atoms with E-state index in [-0.39, 0.29) is 18.0 Å². The monoisotopic (exact) mass is 396 g/mol. The Bertz CT molecular complexity index is 1070. The van der Waals surface area contributed by atoms with Gasteiger partial charge in [0.15, 0.2) is 0 Å². The van der Waals surface area contributed by atoms with E-state index in [1.54, 1.807) is 7.05 Å². The van der Waals surface area contributed by atoms with Crippen molar-refractivity contribution < 1.29 is 9.59 Å². The Labute approximate surface area is 170 Å². The number of fused-ring (bicyclic) bond motifs is 1. The second-order valence-corrected chi connectivity index (χ2v) is 6.81. The number of rotatable bonds is 4. The second-order valence-electron chi connectivity index (χ2n) is 6.81. The molecular formula is C22H28N4O3. The maximum atomic E-state index is 12.8. The highest BCUT2D eigenvalue weighted by atomic mass is 16.2. The number of imide groups is 1. The third-order valence-electron chi connectivity index (χ3n) is 4.80. The molecule has 0 bridgehead atoms. The molecule has 2 heterocycles. The van der Waals surface area contributed by atoms with Crippen molar-refractivity contribution in [2.24, 2.45) is 12.8 Å². The third-order valence-corrected chi connectivity index (χ3v) is 4.80. The molecule has 1 unspecified atom stereocenters. The molecule has 29 heavy (non-hydrogen) atoms. The van der Waals surface area contributed by atoms with Gasteiger partial charge in [-0.15, -0.1) is 0 Å². The van der Waals surface area contributed by atoms with E-state index >= 15 is 0 Å². The zero-order valence-corrected chi connectivity index (χ0v) is 17.4. The number of hydrogen-bond donors (Lipinski definition) is 2. The molecule has 1 aliphatic heterocycles. The van der Waals surface area contributed by atoms with Crippen LogP contribution in [0.1, 0.15) is 38.3 Å². The summed E-state index contributed by atoms with van der Waals surface area (Å²) in [5.74, 6) is -0.725. The highest BCUT2D eigenvalue weighted by Gasteiger charge is 2.31. The van der Waals surface area contributed by atoms with E-state index in [0.717, 1.165) is 22.2 Å². The number of aryl methyl sites for hydroxylation is 1. The van der Waals surface area contributed by atoms with E-state index in [0.29, 0.717) is 11.9 Å². The van der Waals surface area contributed by atoms with E-state index in [9.17, 15) is 14.4 Å². The van der Waals surface area contributed by atoms with E-state index in [4.69, 9.17) is 0 Å². The number of piperidine rings is 1. The molecule has 0 spiro atoms. The summed E-state index contributed by atoms with van der Waals surface area (Å²) in [4.78, 5) is 36.5. The van der Waals surface area contributed by atoms with Crippen molar-refractivity contribution in [3.05, 3.63) is 64.6 Å². The molecule has 1 aliphatic rings. The predicted octanol–water partition coefficient (Wildman–Crippen LogP) is 2.43. The summed E-state index contributed by atoms with van der Waals surface area (Å²) in [5.41, 5.74) is 8.59. The third kappa shape index (κ3) is 4.46. The van der Waals surface area contributed by atoms with E-state index < -0.39 is 11.9 Å². The van der Waals surface area contributed by atoms with E-state index in [1.807, 2.05) is 50.3 Å². The Kier molecular flexibility index (Phi) is 7.12. The highest BCUT2D eigenvalue weighted by molar-refractivity contribution is 6.00. The number of hydrogen-bond acceptors (Lipinski definition) is 4. The summed E-state index contributed by atoms with van der Waals surface area (Å²) in [6.07, 6.45) is 6.47. The van der Waals surface area contributed by atoms with Gasteiger partial charge in [-0.1, -0.05) is 36.4 Å². The summed E-state index contributed by atoms with van der Waals surface area (Å²) in [7, 11) is 3.19. The van der Waals surface area contributed by atoms with Crippen LogP contribution in [0.25, 0.3) is 16.6 Å². The molecular weight excluding hydrogens is 368 g/mol. The molecule has 2 amide bonds. The Balaban J connectivity index is 0.00000145. The van der Waals surface area contributed by atoms with Crippen molar-refractivity contribution in [2.75, 3.05) is 7.05 Å². The van der Waals surface area contributed by atoms with Crippen LogP contribution < -0.4 is 16.7 Å². The smallest absolute Gasteiger partial charge is 0.329 e. The fraction of sp³-hybridized carbons (Fsp3) is 0.318. The van der Waals surface area contributed by atoms with E-state index in [2.05, 4.69) is 17.6 Å². The van der Waals surface area contributed by atoms with Crippen molar-refractivity contribution in [1.82, 2.24) is 14.5 Å². The van der Waals surface area contributed by atoms with Crippen LogP contribution in [0.5, 0.6) is 0 Å². The van der Waals surface area contributed by atoms with Gasteiger partial charge in [0.2, 0.25) is 11.8 Å². The topological polar surface area (TPSA) is 99.1 Å². The predicted molar refractivity (Wildman–Crippen MR) is 116 cm³/mol. The minimum atomic E-state index is -0.672. The van der Waals surface area contributed by atoms with Crippen molar-refractivity contribution in [2.45, 2.75) is 32.7 Å². The normalized spacial score (nSPS) is 17.3. The Hall–Kier alpha value is -3.19. The molecule has 3 rings (SSSR count). The fourth-order valence-corrected chi connectivity index (χ4v) is 3.36. The van der Waals surface area contributed by atoms with Crippen molar-refractivity contribution in [3.63, 3.8) is 0 Å². The number of carbonyl (C=O) groups is 2. The number of allylic oxidation sites excluding steroid dienone is 5. The molecule has 1 aromatic carbocycles. The van der Waals surface area contributed by atoms with Crippen molar-refractivity contribution in [3.8, 4) is 0 Å². The molecule has 1 atom stereocenters. The van der Waals surface area contributed by atoms with Crippen molar-refractivity contribution >= 4 is 28.4 Å². The number of nitrogens with two attached hydrogens (primary N) is 1. The maximum Gasteiger partial charge on any atom is 0.329 e. The van der Waals surface area contributed by atoms with Gasteiger partial charge >= 0.3 is 5.69 Å². The highest BCUT2D eigenvalue weighted by Crippen LogP contribution is 2.26. The first-order valence-electron chi connectivity index (χ1n) is 9.46. The number of nitrogens with one attached hydrogen (secondary N) is 1. The van der Waals surface area contributed by atoms with Gasteiger partial charge in [0.1, 0.15) is 6.04 Å². The number of carbonyl (C=O) groups excluding carboxylic acids is 2. The lowest BCUT2D eigenvalue weighted by Crippen LogP contribution is -2.44. The molecule has 0 radical (unpaired) electrons. The molecule has 1 saturated heterocycles. The van der Waals surface area contributed by atoms with Crippen LogP contribution in [0, 0.1) is 0 Å². The van der Waals surface area contributed by atoms with Gasteiger partial charge in [-0.25, -0.2) is 4.79 Å². The maximum absolute atomic E-state index is 12.8. The van der Waals surface area contributed by atoms with Gasteiger partial charge in [-0.2, -0.15) is 0 Å². The van der Waals surface area contributed by atoms with Gasteiger partial charge < -0.3 is 5.73 Å². The zero-order chi connectivity index (χ0) is 21.7. The van der Waals surface area contributed by atoms with Crippen LogP contribution in [0.15, 0.2) is 53.4 Å². The molecule has 0 saturated carbocycles. The minimum absolute atomic E-state index is 0.228. The molecule has 154 valence electrons. The molecule has 7 nitrogen and oxygen atoms in total. The number of aromatic nitrogens is 2. The summed E-state index contributed by atoms with van der Waals surface area (Å²) in [6.45, 7) is 7.76. The quantitative estimate of drug-likeness (QED) is 0.612. The molecule has 7 heteroatoms. The van der Waals surface area contributed by atoms with Gasteiger partial charge in [-0.05, 0) is 50.6 Å². The number of amides is 2. The molecule has 3 N–H and O–H groups in total. The van der Waals surface area contributed by atoms with Crippen LogP contribution in [0.4, 0.5) is 0 Å². The van der Waals surface area contributed by atoms with Crippen LogP contribution in [0.2, 0.25) is 0 Å². The molecule has 0 aliphatic carbocycles. The molecule has 1 fully saturated rings. The van der Waals surface area contributed by atoms with Crippen LogP contribution in [0.3, 0.4) is 0 Å². The lowest BCUT2D eigenvalue weighted by atomic mass is 10.0.